The maximum absolute atomic E-state index is 10.6. The third-order valence-corrected chi connectivity index (χ3v) is 5.53. The minimum atomic E-state index is -1.08. The van der Waals surface area contributed by atoms with E-state index in [9.17, 15) is 5.11 Å². The molecule has 1 aliphatic heterocycles. The van der Waals surface area contributed by atoms with Crippen molar-refractivity contribution >= 4 is 15.9 Å². The van der Waals surface area contributed by atoms with Gasteiger partial charge in [0, 0.05) is 12.3 Å². The van der Waals surface area contributed by atoms with Gasteiger partial charge in [-0.15, -0.1) is 0 Å². The van der Waals surface area contributed by atoms with Crippen molar-refractivity contribution in [2.75, 3.05) is 5.33 Å². The smallest absolute Gasteiger partial charge is 0.176 e. The van der Waals surface area contributed by atoms with Gasteiger partial charge >= 0.3 is 0 Å². The molecule has 3 atom stereocenters. The van der Waals surface area contributed by atoms with Gasteiger partial charge in [0.05, 0.1) is 11.4 Å². The van der Waals surface area contributed by atoms with E-state index in [1.807, 2.05) is 0 Å². The summed E-state index contributed by atoms with van der Waals surface area (Å²) < 4.78 is 6.07. The van der Waals surface area contributed by atoms with Gasteiger partial charge in [-0.05, 0) is 28.7 Å². The Labute approximate surface area is 132 Å². The molecule has 0 saturated carbocycles. The molecule has 1 heterocycles. The minimum absolute atomic E-state index is 0.0626. The summed E-state index contributed by atoms with van der Waals surface area (Å²) in [5.41, 5.74) is 5.18. The molecule has 4 rings (SSSR count). The molecular weight excluding hydrogens is 328 g/mol. The largest absolute Gasteiger partial charge is 0.365 e. The summed E-state index contributed by atoms with van der Waals surface area (Å²) >= 11 is 3.39. The van der Waals surface area contributed by atoms with Gasteiger partial charge in [-0.1, -0.05) is 64.5 Å². The maximum Gasteiger partial charge on any atom is 0.176 e. The van der Waals surface area contributed by atoms with Crippen molar-refractivity contribution in [2.45, 2.75) is 30.7 Å². The highest BCUT2D eigenvalue weighted by Crippen LogP contribution is 2.52. The van der Waals surface area contributed by atoms with Gasteiger partial charge in [0.25, 0.3) is 0 Å². The van der Waals surface area contributed by atoms with Crippen LogP contribution in [0.4, 0.5) is 0 Å². The molecule has 108 valence electrons. The first kappa shape index (κ1) is 13.5. The number of rotatable bonds is 1. The molecule has 1 unspecified atom stereocenters. The molecule has 1 aliphatic carbocycles. The number of aliphatic hydroxyl groups is 1. The van der Waals surface area contributed by atoms with Crippen LogP contribution in [0.15, 0.2) is 48.5 Å². The van der Waals surface area contributed by atoms with E-state index in [2.05, 4.69) is 64.5 Å². The molecule has 0 aromatic heterocycles. The molecule has 0 spiro atoms. The monoisotopic (exact) mass is 344 g/mol. The van der Waals surface area contributed by atoms with E-state index in [1.54, 1.807) is 0 Å². The molecule has 0 bridgehead atoms. The van der Waals surface area contributed by atoms with Gasteiger partial charge in [0.1, 0.15) is 0 Å². The van der Waals surface area contributed by atoms with E-state index in [0.717, 1.165) is 6.42 Å². The van der Waals surface area contributed by atoms with Crippen molar-refractivity contribution in [1.29, 1.82) is 0 Å². The first-order chi connectivity index (χ1) is 10.2. The Morgan fingerprint density at radius 3 is 2.38 bits per heavy atom. The van der Waals surface area contributed by atoms with Crippen LogP contribution in [0.1, 0.15) is 40.7 Å². The topological polar surface area (TPSA) is 29.5 Å². The van der Waals surface area contributed by atoms with Crippen LogP contribution in [-0.4, -0.2) is 16.2 Å². The van der Waals surface area contributed by atoms with Crippen LogP contribution in [-0.2, 0) is 11.2 Å². The molecule has 1 N–H and O–H groups in total. The van der Waals surface area contributed by atoms with Crippen molar-refractivity contribution in [3.8, 4) is 0 Å². The van der Waals surface area contributed by atoms with E-state index < -0.39 is 5.79 Å². The van der Waals surface area contributed by atoms with Crippen LogP contribution in [0.25, 0.3) is 0 Å². The van der Waals surface area contributed by atoms with Crippen LogP contribution >= 0.6 is 15.9 Å². The Bertz CT molecular complexity index is 629. The lowest BCUT2D eigenvalue weighted by molar-refractivity contribution is -0.175. The second kappa shape index (κ2) is 4.94. The summed E-state index contributed by atoms with van der Waals surface area (Å²) in [5.74, 6) is -0.861. The molecule has 2 nitrogen and oxygen atoms in total. The summed E-state index contributed by atoms with van der Waals surface area (Å²) in [6.07, 6.45) is 1.51. The molecule has 3 heteroatoms. The van der Waals surface area contributed by atoms with E-state index in [4.69, 9.17) is 4.74 Å². The number of fused-ring (bicyclic) bond motifs is 5. The normalized spacial score (nSPS) is 30.2. The summed E-state index contributed by atoms with van der Waals surface area (Å²) in [4.78, 5) is 0. The van der Waals surface area contributed by atoms with E-state index in [1.165, 1.54) is 22.3 Å². The van der Waals surface area contributed by atoms with Crippen LogP contribution in [0.5, 0.6) is 0 Å². The highest BCUT2D eigenvalue weighted by atomic mass is 79.9. The molecule has 0 radical (unpaired) electrons. The molecule has 1 fully saturated rings. The number of halogens is 1. The Morgan fingerprint density at radius 2 is 1.67 bits per heavy atom. The zero-order chi connectivity index (χ0) is 14.4. The molecule has 21 heavy (non-hydrogen) atoms. The summed E-state index contributed by atoms with van der Waals surface area (Å²) in [6, 6.07) is 17.0. The molecular formula is C18H17BrO2. The average Bonchev–Trinajstić information content (AvgIpc) is 2.81. The molecule has 2 aromatic carbocycles. The van der Waals surface area contributed by atoms with E-state index in [0.29, 0.717) is 11.8 Å². The van der Waals surface area contributed by atoms with Gasteiger partial charge in [-0.2, -0.15) is 0 Å². The van der Waals surface area contributed by atoms with Gasteiger partial charge in [-0.25, -0.2) is 0 Å². The fraction of sp³-hybridized carbons (Fsp3) is 0.333. The summed E-state index contributed by atoms with van der Waals surface area (Å²) in [6.45, 7) is 0. The molecule has 0 amide bonds. The highest BCUT2D eigenvalue weighted by Gasteiger charge is 2.47. The third kappa shape index (κ3) is 2.15. The van der Waals surface area contributed by atoms with Gasteiger partial charge in [-0.3, -0.25) is 0 Å². The van der Waals surface area contributed by atoms with E-state index >= 15 is 0 Å². The Balaban J connectivity index is 1.91. The predicted molar refractivity (Wildman–Crippen MR) is 85.6 cm³/mol. The standard InChI is InChI=1S/C18H17BrO2/c19-11-18(20)10-16-14-7-3-1-5-12(14)9-13-6-2-4-8-15(13)17(16)21-18/h1-8,16-17,20H,9-11H2/t16-,17-,18?/m1/s1. The summed E-state index contributed by atoms with van der Waals surface area (Å²) in [5, 5.41) is 11.0. The molecule has 1 saturated heterocycles. The lowest BCUT2D eigenvalue weighted by atomic mass is 9.87. The molecule has 2 aromatic rings. The Kier molecular flexibility index (Phi) is 3.18. The highest BCUT2D eigenvalue weighted by molar-refractivity contribution is 9.09. The van der Waals surface area contributed by atoms with Gasteiger partial charge in [0.2, 0.25) is 0 Å². The quantitative estimate of drug-likeness (QED) is 0.794. The fourth-order valence-corrected chi connectivity index (χ4v) is 4.05. The zero-order valence-electron chi connectivity index (χ0n) is 11.6. The maximum atomic E-state index is 10.6. The first-order valence-corrected chi connectivity index (χ1v) is 8.44. The third-order valence-electron chi connectivity index (χ3n) is 4.66. The number of alkyl halides is 1. The number of ether oxygens (including phenoxy) is 1. The minimum Gasteiger partial charge on any atom is -0.365 e. The number of benzene rings is 2. The fourth-order valence-electron chi connectivity index (χ4n) is 3.69. The number of hydrogen-bond acceptors (Lipinski definition) is 2. The van der Waals surface area contributed by atoms with Crippen molar-refractivity contribution in [2.24, 2.45) is 0 Å². The zero-order valence-corrected chi connectivity index (χ0v) is 13.2. The van der Waals surface area contributed by atoms with Crippen molar-refractivity contribution in [1.82, 2.24) is 0 Å². The Morgan fingerprint density at radius 1 is 1.05 bits per heavy atom. The number of hydrogen-bond donors (Lipinski definition) is 1. The molecule has 2 aliphatic rings. The van der Waals surface area contributed by atoms with Crippen LogP contribution in [0.2, 0.25) is 0 Å². The van der Waals surface area contributed by atoms with Crippen molar-refractivity contribution < 1.29 is 9.84 Å². The second-order valence-corrected chi connectivity index (χ2v) is 6.56. The van der Waals surface area contributed by atoms with Crippen LogP contribution in [0, 0.1) is 0 Å². The van der Waals surface area contributed by atoms with Crippen LogP contribution < -0.4 is 0 Å². The van der Waals surface area contributed by atoms with Gasteiger partial charge < -0.3 is 9.84 Å². The average molecular weight is 345 g/mol. The predicted octanol–water partition coefficient (Wildman–Crippen LogP) is 3.92. The van der Waals surface area contributed by atoms with Crippen LogP contribution in [0.3, 0.4) is 0 Å². The lowest BCUT2D eigenvalue weighted by Gasteiger charge is -2.21. The lowest BCUT2D eigenvalue weighted by Crippen LogP contribution is -2.29. The van der Waals surface area contributed by atoms with Crippen molar-refractivity contribution in [3.63, 3.8) is 0 Å². The van der Waals surface area contributed by atoms with Gasteiger partial charge in [0.15, 0.2) is 5.79 Å². The Hall–Kier alpha value is -1.16. The summed E-state index contributed by atoms with van der Waals surface area (Å²) in [7, 11) is 0. The second-order valence-electron chi connectivity index (χ2n) is 6.00. The first-order valence-electron chi connectivity index (χ1n) is 7.32. The van der Waals surface area contributed by atoms with Crippen molar-refractivity contribution in [3.05, 3.63) is 70.8 Å². The SMILES string of the molecule is OC1(CBr)C[C@@H]2c3ccccc3Cc3ccccc3[C@H]2O1. The van der Waals surface area contributed by atoms with E-state index in [-0.39, 0.29) is 12.0 Å².